The molecule has 1 atom stereocenters. The number of benzene rings is 2. The SMILES string of the molecule is CNC(c1ccc(OC2CC2)cc1)c1cc(C)cc(F)c1. The van der Waals surface area contributed by atoms with Crippen molar-refractivity contribution in [1.82, 2.24) is 5.32 Å². The lowest BCUT2D eigenvalue weighted by Gasteiger charge is -2.18. The van der Waals surface area contributed by atoms with Crippen LogP contribution in [0.25, 0.3) is 0 Å². The molecule has 21 heavy (non-hydrogen) atoms. The number of hydrogen-bond acceptors (Lipinski definition) is 2. The Morgan fingerprint density at radius 1 is 1.10 bits per heavy atom. The van der Waals surface area contributed by atoms with Crippen LogP contribution in [0, 0.1) is 12.7 Å². The molecule has 2 aromatic carbocycles. The van der Waals surface area contributed by atoms with E-state index in [1.165, 1.54) is 0 Å². The molecule has 0 radical (unpaired) electrons. The van der Waals surface area contributed by atoms with E-state index in [1.54, 1.807) is 12.1 Å². The first-order valence-electron chi connectivity index (χ1n) is 7.36. The van der Waals surface area contributed by atoms with E-state index < -0.39 is 0 Å². The van der Waals surface area contributed by atoms with Crippen molar-refractivity contribution in [1.29, 1.82) is 0 Å². The topological polar surface area (TPSA) is 21.3 Å². The highest BCUT2D eigenvalue weighted by atomic mass is 19.1. The number of ether oxygens (including phenoxy) is 1. The van der Waals surface area contributed by atoms with E-state index in [-0.39, 0.29) is 11.9 Å². The molecule has 1 aliphatic rings. The fourth-order valence-corrected chi connectivity index (χ4v) is 2.57. The molecular formula is C18H20FNO. The highest BCUT2D eigenvalue weighted by Gasteiger charge is 2.23. The number of rotatable bonds is 5. The van der Waals surface area contributed by atoms with Crippen molar-refractivity contribution in [3.05, 3.63) is 65.0 Å². The third-order valence-corrected chi connectivity index (χ3v) is 3.73. The second-order valence-electron chi connectivity index (χ2n) is 5.67. The Kier molecular flexibility index (Phi) is 3.93. The lowest BCUT2D eigenvalue weighted by atomic mass is 9.97. The van der Waals surface area contributed by atoms with Gasteiger partial charge in [-0.3, -0.25) is 0 Å². The lowest BCUT2D eigenvalue weighted by molar-refractivity contribution is 0.303. The molecule has 1 unspecified atom stereocenters. The maximum absolute atomic E-state index is 13.6. The smallest absolute Gasteiger partial charge is 0.123 e. The van der Waals surface area contributed by atoms with Gasteiger partial charge in [-0.25, -0.2) is 4.39 Å². The van der Waals surface area contributed by atoms with Crippen molar-refractivity contribution < 1.29 is 9.13 Å². The second-order valence-corrected chi connectivity index (χ2v) is 5.67. The zero-order chi connectivity index (χ0) is 14.8. The summed E-state index contributed by atoms with van der Waals surface area (Å²) in [6.45, 7) is 1.91. The third kappa shape index (κ3) is 3.42. The average Bonchev–Trinajstić information content (AvgIpc) is 3.24. The first kappa shape index (κ1) is 14.1. The third-order valence-electron chi connectivity index (χ3n) is 3.73. The Morgan fingerprint density at radius 2 is 1.81 bits per heavy atom. The number of hydrogen-bond donors (Lipinski definition) is 1. The van der Waals surface area contributed by atoms with Gasteiger partial charge in [0.2, 0.25) is 0 Å². The minimum atomic E-state index is -0.195. The maximum atomic E-state index is 13.6. The van der Waals surface area contributed by atoms with Gasteiger partial charge in [-0.2, -0.15) is 0 Å². The normalized spacial score (nSPS) is 15.8. The van der Waals surface area contributed by atoms with Crippen LogP contribution in [0.4, 0.5) is 4.39 Å². The van der Waals surface area contributed by atoms with Crippen LogP contribution in [-0.2, 0) is 0 Å². The second kappa shape index (κ2) is 5.86. The van der Waals surface area contributed by atoms with Gasteiger partial charge in [-0.15, -0.1) is 0 Å². The Labute approximate surface area is 125 Å². The molecule has 1 aliphatic carbocycles. The summed E-state index contributed by atoms with van der Waals surface area (Å²) < 4.78 is 19.4. The molecule has 1 saturated carbocycles. The summed E-state index contributed by atoms with van der Waals surface area (Å²) in [6.07, 6.45) is 2.72. The predicted octanol–water partition coefficient (Wildman–Crippen LogP) is 3.98. The largest absolute Gasteiger partial charge is 0.490 e. The summed E-state index contributed by atoms with van der Waals surface area (Å²) in [4.78, 5) is 0. The fraction of sp³-hybridized carbons (Fsp3) is 0.333. The van der Waals surface area contributed by atoms with Crippen LogP contribution in [0.2, 0.25) is 0 Å². The van der Waals surface area contributed by atoms with Crippen molar-refractivity contribution in [2.75, 3.05) is 7.05 Å². The highest BCUT2D eigenvalue weighted by molar-refractivity contribution is 5.37. The molecule has 2 aromatic rings. The van der Waals surface area contributed by atoms with Crippen molar-refractivity contribution in [3.63, 3.8) is 0 Å². The Bertz CT molecular complexity index is 599. The van der Waals surface area contributed by atoms with Gasteiger partial charge >= 0.3 is 0 Å². The molecule has 3 rings (SSSR count). The van der Waals surface area contributed by atoms with Gasteiger partial charge in [0.1, 0.15) is 11.6 Å². The predicted molar refractivity (Wildman–Crippen MR) is 82.1 cm³/mol. The molecule has 1 N–H and O–H groups in total. The van der Waals surface area contributed by atoms with Crippen LogP contribution in [0.3, 0.4) is 0 Å². The van der Waals surface area contributed by atoms with Gasteiger partial charge < -0.3 is 10.1 Å². The van der Waals surface area contributed by atoms with Crippen molar-refractivity contribution in [3.8, 4) is 5.75 Å². The van der Waals surface area contributed by atoms with Gasteiger partial charge in [0, 0.05) is 0 Å². The van der Waals surface area contributed by atoms with Gasteiger partial charge in [-0.05, 0) is 67.8 Å². The van der Waals surface area contributed by atoms with E-state index in [1.807, 2.05) is 44.3 Å². The molecule has 0 spiro atoms. The van der Waals surface area contributed by atoms with Gasteiger partial charge in [0.05, 0.1) is 12.1 Å². The summed E-state index contributed by atoms with van der Waals surface area (Å²) in [5.41, 5.74) is 2.97. The van der Waals surface area contributed by atoms with Crippen LogP contribution in [-0.4, -0.2) is 13.2 Å². The van der Waals surface area contributed by atoms with E-state index >= 15 is 0 Å². The van der Waals surface area contributed by atoms with Crippen molar-refractivity contribution in [2.45, 2.75) is 31.9 Å². The van der Waals surface area contributed by atoms with E-state index in [0.717, 1.165) is 35.3 Å². The van der Waals surface area contributed by atoms with Gasteiger partial charge in [0.25, 0.3) is 0 Å². The molecule has 0 saturated heterocycles. The highest BCUT2D eigenvalue weighted by Crippen LogP contribution is 2.29. The molecular weight excluding hydrogens is 265 g/mol. The lowest BCUT2D eigenvalue weighted by Crippen LogP contribution is -2.18. The monoisotopic (exact) mass is 285 g/mol. The van der Waals surface area contributed by atoms with Crippen molar-refractivity contribution in [2.24, 2.45) is 0 Å². The van der Waals surface area contributed by atoms with Crippen LogP contribution in [0.15, 0.2) is 42.5 Å². The zero-order valence-electron chi connectivity index (χ0n) is 12.4. The number of nitrogens with one attached hydrogen (secondary N) is 1. The molecule has 0 bridgehead atoms. The van der Waals surface area contributed by atoms with Gasteiger partial charge in [-0.1, -0.05) is 18.2 Å². The first-order valence-corrected chi connectivity index (χ1v) is 7.36. The molecule has 1 fully saturated rings. The quantitative estimate of drug-likeness (QED) is 0.897. The molecule has 2 nitrogen and oxygen atoms in total. The molecule has 110 valence electrons. The average molecular weight is 285 g/mol. The number of halogens is 1. The van der Waals surface area contributed by atoms with E-state index in [2.05, 4.69) is 5.32 Å². The molecule has 0 aromatic heterocycles. The summed E-state index contributed by atoms with van der Waals surface area (Å²) in [6, 6.07) is 13.2. The molecule has 0 aliphatic heterocycles. The van der Waals surface area contributed by atoms with E-state index in [9.17, 15) is 4.39 Å². The summed E-state index contributed by atoms with van der Waals surface area (Å²) >= 11 is 0. The molecule has 0 amide bonds. The fourth-order valence-electron chi connectivity index (χ4n) is 2.57. The maximum Gasteiger partial charge on any atom is 0.123 e. The molecule has 3 heteroatoms. The molecule has 0 heterocycles. The first-order chi connectivity index (χ1) is 10.2. The Morgan fingerprint density at radius 3 is 2.38 bits per heavy atom. The van der Waals surface area contributed by atoms with Crippen LogP contribution >= 0.6 is 0 Å². The summed E-state index contributed by atoms with van der Waals surface area (Å²) in [7, 11) is 1.89. The van der Waals surface area contributed by atoms with Gasteiger partial charge in [0.15, 0.2) is 0 Å². The summed E-state index contributed by atoms with van der Waals surface area (Å²) in [5, 5.41) is 3.25. The minimum absolute atomic E-state index is 0.0191. The van der Waals surface area contributed by atoms with E-state index in [0.29, 0.717) is 6.10 Å². The van der Waals surface area contributed by atoms with Crippen LogP contribution < -0.4 is 10.1 Å². The van der Waals surface area contributed by atoms with Crippen LogP contribution in [0.5, 0.6) is 5.75 Å². The minimum Gasteiger partial charge on any atom is -0.490 e. The standard InChI is InChI=1S/C18H20FNO/c1-12-9-14(11-15(19)10-12)18(20-2)13-3-5-16(6-4-13)21-17-7-8-17/h3-6,9-11,17-18,20H,7-8H2,1-2H3. The van der Waals surface area contributed by atoms with Crippen molar-refractivity contribution >= 4 is 0 Å². The number of aryl methyl sites for hydroxylation is 1. The van der Waals surface area contributed by atoms with E-state index in [4.69, 9.17) is 4.74 Å². The summed E-state index contributed by atoms with van der Waals surface area (Å²) in [5.74, 6) is 0.713. The Hall–Kier alpha value is -1.87. The Balaban J connectivity index is 1.84. The van der Waals surface area contributed by atoms with Crippen LogP contribution in [0.1, 0.15) is 35.6 Å². The zero-order valence-corrected chi connectivity index (χ0v) is 12.4.